The Hall–Kier alpha value is -0.620. The first-order valence-electron chi connectivity index (χ1n) is 5.05. The van der Waals surface area contributed by atoms with E-state index in [1.165, 1.54) is 0 Å². The van der Waals surface area contributed by atoms with Gasteiger partial charge < -0.3 is 5.11 Å². The second-order valence-electron chi connectivity index (χ2n) is 3.69. The van der Waals surface area contributed by atoms with Crippen LogP contribution in [0.4, 0.5) is 0 Å². The van der Waals surface area contributed by atoms with E-state index in [2.05, 4.69) is 4.72 Å². The SMILES string of the molecule is CCCCC(C)NS(=O)(=O)C(C)C(=O)O. The van der Waals surface area contributed by atoms with E-state index in [4.69, 9.17) is 5.11 Å². The Morgan fingerprint density at radius 2 is 1.93 bits per heavy atom. The number of sulfonamides is 1. The number of carboxylic acids is 1. The summed E-state index contributed by atoms with van der Waals surface area (Å²) in [6.07, 6.45) is 2.63. The molecule has 0 fully saturated rings. The number of carbonyl (C=O) groups is 1. The zero-order valence-corrected chi connectivity index (χ0v) is 10.2. The molecular formula is C9H19NO4S. The molecule has 2 N–H and O–H groups in total. The topological polar surface area (TPSA) is 83.5 Å². The molecule has 0 aliphatic carbocycles. The van der Waals surface area contributed by atoms with Crippen LogP contribution in [-0.2, 0) is 14.8 Å². The van der Waals surface area contributed by atoms with Gasteiger partial charge in [0.15, 0.2) is 5.25 Å². The Bertz CT molecular complexity index is 299. The van der Waals surface area contributed by atoms with E-state index in [0.29, 0.717) is 0 Å². The molecule has 0 amide bonds. The largest absolute Gasteiger partial charge is 0.480 e. The van der Waals surface area contributed by atoms with E-state index in [1.807, 2.05) is 6.92 Å². The van der Waals surface area contributed by atoms with Crippen LogP contribution in [0, 0.1) is 0 Å². The van der Waals surface area contributed by atoms with Gasteiger partial charge in [0.2, 0.25) is 10.0 Å². The quantitative estimate of drug-likeness (QED) is 0.690. The fourth-order valence-electron chi connectivity index (χ4n) is 1.08. The van der Waals surface area contributed by atoms with E-state index in [9.17, 15) is 13.2 Å². The zero-order valence-electron chi connectivity index (χ0n) is 9.36. The van der Waals surface area contributed by atoms with Crippen LogP contribution in [0.2, 0.25) is 0 Å². The van der Waals surface area contributed by atoms with Gasteiger partial charge in [-0.3, -0.25) is 4.79 Å². The summed E-state index contributed by atoms with van der Waals surface area (Å²) in [5.74, 6) is -1.33. The monoisotopic (exact) mass is 237 g/mol. The number of hydrogen-bond acceptors (Lipinski definition) is 3. The minimum Gasteiger partial charge on any atom is -0.480 e. The van der Waals surface area contributed by atoms with Crippen LogP contribution in [0.3, 0.4) is 0 Å². The lowest BCUT2D eigenvalue weighted by atomic mass is 10.2. The molecule has 0 aromatic carbocycles. The molecule has 5 nitrogen and oxygen atoms in total. The van der Waals surface area contributed by atoms with Crippen molar-refractivity contribution in [2.75, 3.05) is 0 Å². The predicted molar refractivity (Wildman–Crippen MR) is 58.1 cm³/mol. The Labute approximate surface area is 90.9 Å². The number of carboxylic acid groups (broad SMARTS) is 1. The fraction of sp³-hybridized carbons (Fsp3) is 0.889. The minimum atomic E-state index is -3.74. The van der Waals surface area contributed by atoms with Crippen molar-refractivity contribution in [3.8, 4) is 0 Å². The van der Waals surface area contributed by atoms with Gasteiger partial charge in [-0.1, -0.05) is 19.8 Å². The van der Waals surface area contributed by atoms with Crippen LogP contribution in [0.1, 0.15) is 40.0 Å². The number of rotatable bonds is 7. The van der Waals surface area contributed by atoms with E-state index in [-0.39, 0.29) is 6.04 Å². The summed E-state index contributed by atoms with van der Waals surface area (Å²) in [5.41, 5.74) is 0. The number of unbranched alkanes of at least 4 members (excludes halogenated alkanes) is 1. The standard InChI is InChI=1S/C9H19NO4S/c1-4-5-6-7(2)10-15(13,14)8(3)9(11)12/h7-8,10H,4-6H2,1-3H3,(H,11,12). The van der Waals surface area contributed by atoms with Crippen molar-refractivity contribution in [3.63, 3.8) is 0 Å². The van der Waals surface area contributed by atoms with Crippen LogP contribution < -0.4 is 4.72 Å². The third kappa shape index (κ3) is 5.13. The predicted octanol–water partition coefficient (Wildman–Crippen LogP) is 0.958. The molecule has 6 heteroatoms. The lowest BCUT2D eigenvalue weighted by molar-refractivity contribution is -0.136. The third-order valence-corrected chi connectivity index (χ3v) is 4.03. The van der Waals surface area contributed by atoms with Crippen LogP contribution in [0.25, 0.3) is 0 Å². The summed E-state index contributed by atoms with van der Waals surface area (Å²) in [5, 5.41) is 7.19. The van der Waals surface area contributed by atoms with Gasteiger partial charge >= 0.3 is 5.97 Å². The molecule has 2 unspecified atom stereocenters. The Morgan fingerprint density at radius 1 is 1.40 bits per heavy atom. The van der Waals surface area contributed by atoms with Crippen LogP contribution in [0.5, 0.6) is 0 Å². The van der Waals surface area contributed by atoms with Crippen LogP contribution in [0.15, 0.2) is 0 Å². The highest BCUT2D eigenvalue weighted by Gasteiger charge is 2.28. The van der Waals surface area contributed by atoms with Crippen molar-refractivity contribution in [2.45, 2.75) is 51.3 Å². The zero-order chi connectivity index (χ0) is 12.1. The Balaban J connectivity index is 4.32. The molecule has 0 spiro atoms. The Morgan fingerprint density at radius 3 is 2.33 bits per heavy atom. The maximum absolute atomic E-state index is 11.5. The molecule has 0 saturated carbocycles. The molecule has 0 aliphatic rings. The van der Waals surface area contributed by atoms with Crippen molar-refractivity contribution >= 4 is 16.0 Å². The molecule has 2 atom stereocenters. The second-order valence-corrected chi connectivity index (χ2v) is 5.72. The van der Waals surface area contributed by atoms with Gasteiger partial charge in [0.25, 0.3) is 0 Å². The summed E-state index contributed by atoms with van der Waals surface area (Å²) in [6, 6.07) is -0.211. The highest BCUT2D eigenvalue weighted by atomic mass is 32.2. The molecule has 0 aliphatic heterocycles. The molecule has 0 bridgehead atoms. The molecular weight excluding hydrogens is 218 g/mol. The normalized spacial score (nSPS) is 15.9. The smallest absolute Gasteiger partial charge is 0.323 e. The molecule has 0 aromatic rings. The highest BCUT2D eigenvalue weighted by molar-refractivity contribution is 7.90. The van der Waals surface area contributed by atoms with Crippen LogP contribution in [-0.4, -0.2) is 30.8 Å². The van der Waals surface area contributed by atoms with Crippen LogP contribution >= 0.6 is 0 Å². The first-order valence-corrected chi connectivity index (χ1v) is 6.59. The molecule has 0 heterocycles. The highest BCUT2D eigenvalue weighted by Crippen LogP contribution is 2.05. The fourth-order valence-corrected chi connectivity index (χ4v) is 2.23. The first-order chi connectivity index (χ1) is 6.81. The summed E-state index contributed by atoms with van der Waals surface area (Å²) < 4.78 is 25.3. The number of nitrogens with one attached hydrogen (secondary N) is 1. The summed E-state index contributed by atoms with van der Waals surface area (Å²) in [4.78, 5) is 10.5. The molecule has 0 rings (SSSR count). The van der Waals surface area contributed by atoms with E-state index >= 15 is 0 Å². The summed E-state index contributed by atoms with van der Waals surface area (Å²) >= 11 is 0. The first kappa shape index (κ1) is 14.4. The summed E-state index contributed by atoms with van der Waals surface area (Å²) in [7, 11) is -3.74. The molecule has 90 valence electrons. The molecule has 15 heavy (non-hydrogen) atoms. The van der Waals surface area contributed by atoms with Gasteiger partial charge in [0, 0.05) is 6.04 Å². The van der Waals surface area contributed by atoms with Gasteiger partial charge in [-0.25, -0.2) is 13.1 Å². The molecule has 0 aromatic heterocycles. The van der Waals surface area contributed by atoms with E-state index in [1.54, 1.807) is 6.92 Å². The van der Waals surface area contributed by atoms with Crippen molar-refractivity contribution in [1.29, 1.82) is 0 Å². The average molecular weight is 237 g/mol. The maximum atomic E-state index is 11.5. The lowest BCUT2D eigenvalue weighted by Gasteiger charge is -2.15. The Kier molecular flexibility index (Phi) is 5.82. The van der Waals surface area contributed by atoms with Gasteiger partial charge in [0.05, 0.1) is 0 Å². The van der Waals surface area contributed by atoms with Crippen molar-refractivity contribution in [3.05, 3.63) is 0 Å². The van der Waals surface area contributed by atoms with Gasteiger partial charge in [-0.2, -0.15) is 0 Å². The minimum absolute atomic E-state index is 0.211. The summed E-state index contributed by atoms with van der Waals surface area (Å²) in [6.45, 7) is 4.92. The van der Waals surface area contributed by atoms with Crippen molar-refractivity contribution in [1.82, 2.24) is 4.72 Å². The van der Waals surface area contributed by atoms with Gasteiger partial charge in [-0.15, -0.1) is 0 Å². The lowest BCUT2D eigenvalue weighted by Crippen LogP contribution is -2.41. The van der Waals surface area contributed by atoms with Crippen molar-refractivity contribution < 1.29 is 18.3 Å². The van der Waals surface area contributed by atoms with Crippen molar-refractivity contribution in [2.24, 2.45) is 0 Å². The van der Waals surface area contributed by atoms with Gasteiger partial charge in [0.1, 0.15) is 0 Å². The van der Waals surface area contributed by atoms with E-state index in [0.717, 1.165) is 26.2 Å². The third-order valence-electron chi connectivity index (χ3n) is 2.17. The molecule has 0 radical (unpaired) electrons. The maximum Gasteiger partial charge on any atom is 0.323 e. The number of hydrogen-bond donors (Lipinski definition) is 2. The molecule has 0 saturated heterocycles. The van der Waals surface area contributed by atoms with Gasteiger partial charge in [-0.05, 0) is 20.3 Å². The number of aliphatic carboxylic acids is 1. The second kappa shape index (κ2) is 6.07. The average Bonchev–Trinajstić information content (AvgIpc) is 2.12. The van der Waals surface area contributed by atoms with E-state index < -0.39 is 21.2 Å².